The summed E-state index contributed by atoms with van der Waals surface area (Å²) in [5.41, 5.74) is 1.97. The van der Waals surface area contributed by atoms with Crippen molar-refractivity contribution in [1.29, 1.82) is 0 Å². The third-order valence-corrected chi connectivity index (χ3v) is 4.21. The Hall–Kier alpha value is -1.52. The molecule has 0 aliphatic heterocycles. The van der Waals surface area contributed by atoms with Gasteiger partial charge in [0.05, 0.1) is 5.69 Å². The van der Waals surface area contributed by atoms with E-state index in [4.69, 9.17) is 4.52 Å². The van der Waals surface area contributed by atoms with E-state index >= 15 is 0 Å². The third-order valence-electron chi connectivity index (χ3n) is 4.21. The summed E-state index contributed by atoms with van der Waals surface area (Å²) in [5, 5.41) is 10.0. The lowest BCUT2D eigenvalue weighted by Gasteiger charge is -2.17. The fourth-order valence-electron chi connectivity index (χ4n) is 2.89. The summed E-state index contributed by atoms with van der Waals surface area (Å²) in [6.45, 7) is 6.76. The summed E-state index contributed by atoms with van der Waals surface area (Å²) in [4.78, 5) is 12.0. The van der Waals surface area contributed by atoms with Gasteiger partial charge in [0.1, 0.15) is 5.76 Å². The number of urea groups is 1. The quantitative estimate of drug-likeness (QED) is 0.871. The van der Waals surface area contributed by atoms with E-state index < -0.39 is 0 Å². The molecule has 1 saturated carbocycles. The van der Waals surface area contributed by atoms with E-state index in [-0.39, 0.29) is 6.03 Å². The van der Waals surface area contributed by atoms with Crippen molar-refractivity contribution in [2.45, 2.75) is 65.5 Å². The zero-order valence-corrected chi connectivity index (χ0v) is 12.7. The van der Waals surface area contributed by atoms with Crippen LogP contribution in [0.25, 0.3) is 0 Å². The second-order valence-corrected chi connectivity index (χ2v) is 5.58. The molecule has 0 spiro atoms. The van der Waals surface area contributed by atoms with Crippen LogP contribution < -0.4 is 10.6 Å². The van der Waals surface area contributed by atoms with Crippen LogP contribution in [0, 0.1) is 5.92 Å². The average molecular weight is 279 g/mol. The number of carbonyl (C=O) groups excluding carboxylic acids is 1. The highest BCUT2D eigenvalue weighted by atomic mass is 16.5. The first-order chi connectivity index (χ1) is 9.65. The van der Waals surface area contributed by atoms with E-state index in [1.807, 2.05) is 13.8 Å². The molecule has 5 heteroatoms. The van der Waals surface area contributed by atoms with Crippen molar-refractivity contribution in [2.24, 2.45) is 5.92 Å². The van der Waals surface area contributed by atoms with Gasteiger partial charge in [-0.15, -0.1) is 0 Å². The fraction of sp³-hybridized carbons (Fsp3) is 0.733. The molecule has 1 aromatic heterocycles. The Morgan fingerprint density at radius 1 is 1.35 bits per heavy atom. The van der Waals surface area contributed by atoms with E-state index in [9.17, 15) is 4.79 Å². The van der Waals surface area contributed by atoms with E-state index in [1.54, 1.807) is 0 Å². The highest BCUT2D eigenvalue weighted by Gasteiger charge is 2.24. The zero-order chi connectivity index (χ0) is 14.5. The van der Waals surface area contributed by atoms with Crippen molar-refractivity contribution in [3.8, 4) is 0 Å². The van der Waals surface area contributed by atoms with Crippen molar-refractivity contribution < 1.29 is 9.32 Å². The summed E-state index contributed by atoms with van der Waals surface area (Å²) in [6.07, 6.45) is 5.11. The van der Waals surface area contributed by atoms with Gasteiger partial charge in [0.15, 0.2) is 0 Å². The van der Waals surface area contributed by atoms with Crippen molar-refractivity contribution >= 4 is 6.03 Å². The van der Waals surface area contributed by atoms with E-state index in [2.05, 4.69) is 22.7 Å². The molecular formula is C15H25N3O2. The molecule has 2 rings (SSSR count). The normalized spacial score (nSPS) is 21.9. The molecule has 5 nitrogen and oxygen atoms in total. The van der Waals surface area contributed by atoms with Crippen LogP contribution >= 0.6 is 0 Å². The Labute approximate surface area is 120 Å². The monoisotopic (exact) mass is 279 g/mol. The first kappa shape index (κ1) is 14.9. The highest BCUT2D eigenvalue weighted by Crippen LogP contribution is 2.24. The van der Waals surface area contributed by atoms with Crippen molar-refractivity contribution in [1.82, 2.24) is 15.8 Å². The van der Waals surface area contributed by atoms with Crippen LogP contribution in [0.4, 0.5) is 4.79 Å². The lowest BCUT2D eigenvalue weighted by Crippen LogP contribution is -2.43. The topological polar surface area (TPSA) is 67.2 Å². The molecule has 0 bridgehead atoms. The molecule has 1 aliphatic carbocycles. The van der Waals surface area contributed by atoms with Gasteiger partial charge in [-0.1, -0.05) is 32.3 Å². The molecule has 0 aromatic carbocycles. The van der Waals surface area contributed by atoms with Crippen LogP contribution in [-0.2, 0) is 19.4 Å². The molecule has 2 atom stereocenters. The second kappa shape index (κ2) is 6.77. The van der Waals surface area contributed by atoms with Crippen molar-refractivity contribution in [2.75, 3.05) is 0 Å². The van der Waals surface area contributed by atoms with Crippen LogP contribution in [0.15, 0.2) is 4.52 Å². The summed E-state index contributed by atoms with van der Waals surface area (Å²) in [7, 11) is 0. The minimum atomic E-state index is -0.0888. The molecule has 1 fully saturated rings. The molecule has 0 unspecified atom stereocenters. The Bertz CT molecular complexity index is 434. The number of aromatic nitrogens is 1. The Kier molecular flexibility index (Phi) is 5.04. The molecule has 1 aliphatic rings. The zero-order valence-electron chi connectivity index (χ0n) is 12.7. The molecule has 20 heavy (non-hydrogen) atoms. The van der Waals surface area contributed by atoms with E-state index in [0.717, 1.165) is 36.3 Å². The second-order valence-electron chi connectivity index (χ2n) is 5.58. The number of hydrogen-bond acceptors (Lipinski definition) is 3. The molecule has 1 heterocycles. The largest absolute Gasteiger partial charge is 0.361 e. The van der Waals surface area contributed by atoms with Crippen LogP contribution in [0.2, 0.25) is 0 Å². The molecular weight excluding hydrogens is 254 g/mol. The first-order valence-electron chi connectivity index (χ1n) is 7.66. The predicted octanol–water partition coefficient (Wildman–Crippen LogP) is 2.79. The number of hydrogen-bond donors (Lipinski definition) is 2. The summed E-state index contributed by atoms with van der Waals surface area (Å²) < 4.78 is 5.30. The van der Waals surface area contributed by atoms with Gasteiger partial charge in [-0.25, -0.2) is 4.79 Å². The van der Waals surface area contributed by atoms with Gasteiger partial charge in [-0.2, -0.15) is 0 Å². The van der Waals surface area contributed by atoms with Crippen LogP contribution in [-0.4, -0.2) is 17.2 Å². The van der Waals surface area contributed by atoms with Gasteiger partial charge in [0.2, 0.25) is 0 Å². The SMILES string of the molecule is CCc1noc(CC)c1CNC(=O)N[C@@H]1CCC[C@@H]1C. The maximum absolute atomic E-state index is 12.0. The molecule has 0 saturated heterocycles. The maximum atomic E-state index is 12.0. The fourth-order valence-corrected chi connectivity index (χ4v) is 2.89. The van der Waals surface area contributed by atoms with Gasteiger partial charge in [-0.3, -0.25) is 0 Å². The number of nitrogens with one attached hydrogen (secondary N) is 2. The van der Waals surface area contributed by atoms with Crippen molar-refractivity contribution in [3.05, 3.63) is 17.0 Å². The predicted molar refractivity (Wildman–Crippen MR) is 77.4 cm³/mol. The van der Waals surface area contributed by atoms with Crippen LogP contribution in [0.1, 0.15) is 57.1 Å². The molecule has 2 amide bonds. The van der Waals surface area contributed by atoms with Crippen LogP contribution in [0.3, 0.4) is 0 Å². The van der Waals surface area contributed by atoms with Crippen LogP contribution in [0.5, 0.6) is 0 Å². The smallest absolute Gasteiger partial charge is 0.315 e. The van der Waals surface area contributed by atoms with E-state index in [0.29, 0.717) is 18.5 Å². The number of nitrogens with zero attached hydrogens (tertiary/aromatic N) is 1. The minimum Gasteiger partial charge on any atom is -0.361 e. The molecule has 2 N–H and O–H groups in total. The van der Waals surface area contributed by atoms with Gasteiger partial charge in [0.25, 0.3) is 0 Å². The number of carbonyl (C=O) groups is 1. The first-order valence-corrected chi connectivity index (χ1v) is 7.66. The van der Waals surface area contributed by atoms with E-state index in [1.165, 1.54) is 12.8 Å². The number of amides is 2. The van der Waals surface area contributed by atoms with Gasteiger partial charge in [0, 0.05) is 24.6 Å². The standard InChI is InChI=1S/C15H25N3O2/c1-4-12-11(14(5-2)20-18-12)9-16-15(19)17-13-8-6-7-10(13)3/h10,13H,4-9H2,1-3H3,(H2,16,17,19)/t10-,13+/m0/s1. The van der Waals surface area contributed by atoms with Crippen molar-refractivity contribution in [3.63, 3.8) is 0 Å². The lowest BCUT2D eigenvalue weighted by atomic mass is 10.1. The summed E-state index contributed by atoms with van der Waals surface area (Å²) in [6, 6.07) is 0.225. The third kappa shape index (κ3) is 3.32. The molecule has 112 valence electrons. The molecule has 0 radical (unpaired) electrons. The Morgan fingerprint density at radius 3 is 2.75 bits per heavy atom. The summed E-state index contributed by atoms with van der Waals surface area (Å²) in [5.74, 6) is 1.45. The van der Waals surface area contributed by atoms with Gasteiger partial charge < -0.3 is 15.2 Å². The molecule has 1 aromatic rings. The van der Waals surface area contributed by atoms with Gasteiger partial charge >= 0.3 is 6.03 Å². The summed E-state index contributed by atoms with van der Waals surface area (Å²) >= 11 is 0. The maximum Gasteiger partial charge on any atom is 0.315 e. The van der Waals surface area contributed by atoms with Gasteiger partial charge in [-0.05, 0) is 25.2 Å². The number of rotatable bonds is 5. The Morgan fingerprint density at radius 2 is 2.15 bits per heavy atom. The lowest BCUT2D eigenvalue weighted by molar-refractivity contribution is 0.234. The Balaban J connectivity index is 1.88. The minimum absolute atomic E-state index is 0.0888. The number of aryl methyl sites for hydroxylation is 2. The highest BCUT2D eigenvalue weighted by molar-refractivity contribution is 5.74. The average Bonchev–Trinajstić information content (AvgIpc) is 3.02.